The number of aromatic nitrogens is 2. The second-order valence-electron chi connectivity index (χ2n) is 5.12. The highest BCUT2D eigenvalue weighted by Crippen LogP contribution is 2.22. The molecule has 3 rings (SSSR count). The monoisotopic (exact) mass is 272 g/mol. The Bertz CT molecular complexity index is 615. The second kappa shape index (κ2) is 5.54. The lowest BCUT2D eigenvalue weighted by Crippen LogP contribution is -2.28. The van der Waals surface area contributed by atoms with Gasteiger partial charge in [-0.3, -0.25) is 0 Å². The molecule has 5 heteroatoms. The summed E-state index contributed by atoms with van der Waals surface area (Å²) in [5.74, 6) is 0.638. The van der Waals surface area contributed by atoms with Crippen LogP contribution in [0.5, 0.6) is 0 Å². The van der Waals surface area contributed by atoms with Crippen molar-refractivity contribution in [2.24, 2.45) is 0 Å². The molecule has 0 saturated carbocycles. The predicted octanol–water partition coefficient (Wildman–Crippen LogP) is 2.22. The summed E-state index contributed by atoms with van der Waals surface area (Å²) in [7, 11) is 2.09. The van der Waals surface area contributed by atoms with E-state index < -0.39 is 0 Å². The van der Waals surface area contributed by atoms with E-state index in [1.807, 2.05) is 6.07 Å². The lowest BCUT2D eigenvalue weighted by molar-refractivity contribution is 0.310. The molecule has 0 amide bonds. The van der Waals surface area contributed by atoms with Crippen LogP contribution in [-0.2, 0) is 19.5 Å². The van der Waals surface area contributed by atoms with Crippen LogP contribution in [0, 0.1) is 5.82 Å². The molecule has 2 heterocycles. The molecule has 104 valence electrons. The zero-order valence-corrected chi connectivity index (χ0v) is 11.4. The van der Waals surface area contributed by atoms with E-state index in [0.717, 1.165) is 42.1 Å². The molecule has 0 saturated heterocycles. The Morgan fingerprint density at radius 1 is 1.35 bits per heavy atom. The van der Waals surface area contributed by atoms with Gasteiger partial charge in [-0.2, -0.15) is 0 Å². The smallest absolute Gasteiger partial charge is 0.134 e. The van der Waals surface area contributed by atoms with Gasteiger partial charge in [-0.25, -0.2) is 14.4 Å². The van der Waals surface area contributed by atoms with Crippen LogP contribution in [0.15, 0.2) is 30.6 Å². The number of hydrogen-bond acceptors (Lipinski definition) is 4. The molecule has 4 nitrogen and oxygen atoms in total. The van der Waals surface area contributed by atoms with Crippen molar-refractivity contribution in [3.8, 4) is 0 Å². The number of hydrogen-bond donors (Lipinski definition) is 1. The number of benzene rings is 1. The molecule has 1 aromatic heterocycles. The Kier molecular flexibility index (Phi) is 3.60. The Morgan fingerprint density at radius 2 is 2.25 bits per heavy atom. The Hall–Kier alpha value is -2.01. The van der Waals surface area contributed by atoms with E-state index in [1.165, 1.54) is 12.1 Å². The molecule has 1 aliphatic rings. The summed E-state index contributed by atoms with van der Waals surface area (Å²) in [4.78, 5) is 10.9. The largest absolute Gasteiger partial charge is 0.366 e. The molecule has 0 atom stereocenters. The van der Waals surface area contributed by atoms with Gasteiger partial charge < -0.3 is 10.2 Å². The van der Waals surface area contributed by atoms with Crippen LogP contribution in [0.1, 0.15) is 16.8 Å². The van der Waals surface area contributed by atoms with Gasteiger partial charge in [0.1, 0.15) is 18.0 Å². The first-order chi connectivity index (χ1) is 9.72. The van der Waals surface area contributed by atoms with Gasteiger partial charge in [-0.15, -0.1) is 0 Å². The van der Waals surface area contributed by atoms with Gasteiger partial charge in [-0.1, -0.05) is 12.1 Å². The molecule has 0 radical (unpaired) electrons. The van der Waals surface area contributed by atoms with Crippen molar-refractivity contribution in [1.82, 2.24) is 14.9 Å². The van der Waals surface area contributed by atoms with Crippen molar-refractivity contribution in [1.29, 1.82) is 0 Å². The van der Waals surface area contributed by atoms with Crippen molar-refractivity contribution in [3.05, 3.63) is 53.2 Å². The molecular formula is C15H17FN4. The fourth-order valence-corrected chi connectivity index (χ4v) is 2.46. The van der Waals surface area contributed by atoms with Gasteiger partial charge in [0.2, 0.25) is 0 Å². The van der Waals surface area contributed by atoms with Crippen LogP contribution >= 0.6 is 0 Å². The first kappa shape index (κ1) is 13.0. The van der Waals surface area contributed by atoms with E-state index in [9.17, 15) is 4.39 Å². The predicted molar refractivity (Wildman–Crippen MR) is 75.8 cm³/mol. The highest BCUT2D eigenvalue weighted by molar-refractivity contribution is 5.47. The van der Waals surface area contributed by atoms with Gasteiger partial charge in [0.05, 0.1) is 5.69 Å². The molecule has 2 aromatic rings. The normalized spacial score (nSPS) is 14.9. The summed E-state index contributed by atoms with van der Waals surface area (Å²) in [5, 5.41) is 3.29. The van der Waals surface area contributed by atoms with Crippen molar-refractivity contribution in [3.63, 3.8) is 0 Å². The number of nitrogens with zero attached hydrogens (tertiary/aromatic N) is 3. The minimum absolute atomic E-state index is 0.214. The van der Waals surface area contributed by atoms with Crippen molar-refractivity contribution < 1.29 is 4.39 Å². The number of likely N-dealkylation sites (N-methyl/N-ethyl adjacent to an activating group) is 1. The first-order valence-corrected chi connectivity index (χ1v) is 6.72. The van der Waals surface area contributed by atoms with Crippen LogP contribution in [-0.4, -0.2) is 28.5 Å². The maximum Gasteiger partial charge on any atom is 0.134 e. The van der Waals surface area contributed by atoms with Gasteiger partial charge in [0.15, 0.2) is 0 Å². The fourth-order valence-electron chi connectivity index (χ4n) is 2.46. The standard InChI is InChI=1S/C15H17FN4/c1-20-6-5-14-13(9-20)15(19-10-18-14)17-8-11-3-2-4-12(16)7-11/h2-4,7,10H,5-6,8-9H2,1H3,(H,17,18,19). The van der Waals surface area contributed by atoms with E-state index in [0.29, 0.717) is 6.54 Å². The fraction of sp³-hybridized carbons (Fsp3) is 0.333. The average molecular weight is 272 g/mol. The Morgan fingerprint density at radius 3 is 3.10 bits per heavy atom. The molecule has 1 aromatic carbocycles. The summed E-state index contributed by atoms with van der Waals surface area (Å²) in [6, 6.07) is 6.60. The first-order valence-electron chi connectivity index (χ1n) is 6.72. The number of nitrogens with one attached hydrogen (secondary N) is 1. The molecule has 1 aliphatic heterocycles. The van der Waals surface area contributed by atoms with Gasteiger partial charge in [-0.05, 0) is 24.7 Å². The molecule has 0 unspecified atom stereocenters. The Labute approximate surface area is 117 Å². The molecule has 0 fully saturated rings. The maximum atomic E-state index is 13.2. The number of anilines is 1. The quantitative estimate of drug-likeness (QED) is 0.930. The summed E-state index contributed by atoms with van der Waals surface area (Å²) in [6.07, 6.45) is 2.54. The third kappa shape index (κ3) is 2.77. The number of halogens is 1. The Balaban J connectivity index is 1.78. The minimum Gasteiger partial charge on any atom is -0.366 e. The zero-order chi connectivity index (χ0) is 13.9. The van der Waals surface area contributed by atoms with Crippen molar-refractivity contribution in [2.75, 3.05) is 18.9 Å². The van der Waals surface area contributed by atoms with Gasteiger partial charge in [0.25, 0.3) is 0 Å². The van der Waals surface area contributed by atoms with Gasteiger partial charge in [0, 0.05) is 31.6 Å². The van der Waals surface area contributed by atoms with Crippen molar-refractivity contribution >= 4 is 5.82 Å². The third-order valence-electron chi connectivity index (χ3n) is 3.54. The lowest BCUT2D eigenvalue weighted by atomic mass is 10.1. The molecule has 0 spiro atoms. The summed E-state index contributed by atoms with van der Waals surface area (Å²) < 4.78 is 13.2. The average Bonchev–Trinajstić information content (AvgIpc) is 2.45. The van der Waals surface area contributed by atoms with E-state index >= 15 is 0 Å². The van der Waals surface area contributed by atoms with Crippen LogP contribution in [0.2, 0.25) is 0 Å². The van der Waals surface area contributed by atoms with Crippen molar-refractivity contribution in [2.45, 2.75) is 19.5 Å². The lowest BCUT2D eigenvalue weighted by Gasteiger charge is -2.25. The van der Waals surface area contributed by atoms with Crippen LogP contribution in [0.3, 0.4) is 0 Å². The van der Waals surface area contributed by atoms with Crippen LogP contribution in [0.25, 0.3) is 0 Å². The highest BCUT2D eigenvalue weighted by atomic mass is 19.1. The topological polar surface area (TPSA) is 41.1 Å². The SMILES string of the molecule is CN1CCc2ncnc(NCc3cccc(F)c3)c2C1. The maximum absolute atomic E-state index is 13.2. The summed E-state index contributed by atoms with van der Waals surface area (Å²) in [5.41, 5.74) is 3.17. The van der Waals surface area contributed by atoms with Crippen LogP contribution in [0.4, 0.5) is 10.2 Å². The van der Waals surface area contributed by atoms with Crippen LogP contribution < -0.4 is 5.32 Å². The molecule has 0 bridgehead atoms. The highest BCUT2D eigenvalue weighted by Gasteiger charge is 2.18. The minimum atomic E-state index is -0.214. The zero-order valence-electron chi connectivity index (χ0n) is 11.4. The summed E-state index contributed by atoms with van der Waals surface area (Å²) in [6.45, 7) is 2.43. The number of fused-ring (bicyclic) bond motifs is 1. The molecule has 0 aliphatic carbocycles. The van der Waals surface area contributed by atoms with E-state index in [-0.39, 0.29) is 5.82 Å². The molecule has 1 N–H and O–H groups in total. The summed E-state index contributed by atoms with van der Waals surface area (Å²) >= 11 is 0. The second-order valence-corrected chi connectivity index (χ2v) is 5.12. The number of rotatable bonds is 3. The van der Waals surface area contributed by atoms with E-state index in [4.69, 9.17) is 0 Å². The van der Waals surface area contributed by atoms with E-state index in [2.05, 4.69) is 27.2 Å². The third-order valence-corrected chi connectivity index (χ3v) is 3.54. The van der Waals surface area contributed by atoms with E-state index in [1.54, 1.807) is 12.4 Å². The molecule has 20 heavy (non-hydrogen) atoms. The molecular weight excluding hydrogens is 255 g/mol. The van der Waals surface area contributed by atoms with Gasteiger partial charge >= 0.3 is 0 Å².